The van der Waals surface area contributed by atoms with Crippen molar-refractivity contribution in [2.45, 2.75) is 33.2 Å². The predicted octanol–water partition coefficient (Wildman–Crippen LogP) is 2.67. The molecule has 3 heteroatoms. The fourth-order valence-corrected chi connectivity index (χ4v) is 2.11. The smallest absolute Gasteiger partial charge is 0.308 e. The molecule has 1 aromatic carbocycles. The summed E-state index contributed by atoms with van der Waals surface area (Å²) in [6, 6.07) is 6.00. The van der Waals surface area contributed by atoms with Crippen LogP contribution in [0.5, 0.6) is 0 Å². The van der Waals surface area contributed by atoms with E-state index in [4.69, 9.17) is 0 Å². The molecular weight excluding hydrogens is 214 g/mol. The summed E-state index contributed by atoms with van der Waals surface area (Å²) in [6.45, 7) is 6.01. The van der Waals surface area contributed by atoms with Crippen LogP contribution in [0.3, 0.4) is 0 Å². The van der Waals surface area contributed by atoms with Gasteiger partial charge in [-0.1, -0.05) is 25.1 Å². The van der Waals surface area contributed by atoms with Crippen molar-refractivity contribution in [1.82, 2.24) is 5.32 Å². The van der Waals surface area contributed by atoms with Crippen LogP contribution in [0.2, 0.25) is 0 Å². The molecule has 0 amide bonds. The van der Waals surface area contributed by atoms with E-state index >= 15 is 0 Å². The van der Waals surface area contributed by atoms with Gasteiger partial charge in [-0.3, -0.25) is 4.79 Å². The lowest BCUT2D eigenvalue weighted by molar-refractivity contribution is -0.143. The quantitative estimate of drug-likeness (QED) is 0.825. The summed E-state index contributed by atoms with van der Waals surface area (Å²) < 4.78 is 0. The Morgan fingerprint density at radius 2 is 2.00 bits per heavy atom. The lowest BCUT2D eigenvalue weighted by Gasteiger charge is -2.23. The van der Waals surface area contributed by atoms with Gasteiger partial charge in [-0.25, -0.2) is 0 Å². The van der Waals surface area contributed by atoms with Crippen molar-refractivity contribution in [2.75, 3.05) is 7.05 Å². The largest absolute Gasteiger partial charge is 0.481 e. The van der Waals surface area contributed by atoms with Crippen LogP contribution in [0.1, 0.15) is 36.1 Å². The van der Waals surface area contributed by atoms with Gasteiger partial charge in [0.1, 0.15) is 0 Å². The van der Waals surface area contributed by atoms with E-state index in [9.17, 15) is 9.90 Å². The highest BCUT2D eigenvalue weighted by atomic mass is 16.4. The minimum absolute atomic E-state index is 0.128. The van der Waals surface area contributed by atoms with Gasteiger partial charge >= 0.3 is 5.97 Å². The fraction of sp³-hybridized carbons (Fsp3) is 0.500. The second kappa shape index (κ2) is 5.82. The van der Waals surface area contributed by atoms with Crippen LogP contribution in [0.25, 0.3) is 0 Å². The van der Waals surface area contributed by atoms with Gasteiger partial charge in [0.15, 0.2) is 0 Å². The molecule has 0 saturated heterocycles. The van der Waals surface area contributed by atoms with E-state index in [0.717, 1.165) is 5.56 Å². The highest BCUT2D eigenvalue weighted by Crippen LogP contribution is 2.26. The minimum atomic E-state index is -0.745. The third kappa shape index (κ3) is 3.07. The van der Waals surface area contributed by atoms with Crippen LogP contribution in [-0.4, -0.2) is 18.1 Å². The molecule has 0 spiro atoms. The zero-order valence-corrected chi connectivity index (χ0v) is 10.9. The average molecular weight is 235 g/mol. The highest BCUT2D eigenvalue weighted by Gasteiger charge is 2.26. The number of aliphatic carboxylic acids is 1. The number of hydrogen-bond acceptors (Lipinski definition) is 2. The Bertz CT molecular complexity index is 401. The summed E-state index contributed by atoms with van der Waals surface area (Å²) in [7, 11) is 1.81. The van der Waals surface area contributed by atoms with E-state index in [0.29, 0.717) is 6.42 Å². The lowest BCUT2D eigenvalue weighted by atomic mass is 9.89. The number of aryl methyl sites for hydroxylation is 2. The second-order valence-corrected chi connectivity index (χ2v) is 4.46. The molecule has 0 aromatic heterocycles. The zero-order chi connectivity index (χ0) is 13.0. The van der Waals surface area contributed by atoms with Crippen molar-refractivity contribution < 1.29 is 9.90 Å². The van der Waals surface area contributed by atoms with Crippen LogP contribution < -0.4 is 5.32 Å². The van der Waals surface area contributed by atoms with E-state index in [1.807, 2.05) is 33.0 Å². The van der Waals surface area contributed by atoms with E-state index in [1.54, 1.807) is 0 Å². The molecule has 2 N–H and O–H groups in total. The molecule has 0 aliphatic carbocycles. The molecular formula is C14H21NO2. The summed E-state index contributed by atoms with van der Waals surface area (Å²) in [6.07, 6.45) is 0.619. The molecule has 0 aliphatic rings. The number of carbonyl (C=O) groups is 1. The molecule has 0 fully saturated rings. The molecule has 0 heterocycles. The monoisotopic (exact) mass is 235 g/mol. The predicted molar refractivity (Wildman–Crippen MR) is 69.1 cm³/mol. The van der Waals surface area contributed by atoms with Crippen molar-refractivity contribution in [1.29, 1.82) is 0 Å². The number of hydrogen-bond donors (Lipinski definition) is 2. The molecule has 3 nitrogen and oxygen atoms in total. The van der Waals surface area contributed by atoms with Gasteiger partial charge in [-0.05, 0) is 44.0 Å². The zero-order valence-electron chi connectivity index (χ0n) is 10.9. The minimum Gasteiger partial charge on any atom is -0.481 e. The van der Waals surface area contributed by atoms with Crippen molar-refractivity contribution in [3.63, 3.8) is 0 Å². The molecule has 0 aliphatic heterocycles. The van der Waals surface area contributed by atoms with Crippen molar-refractivity contribution in [3.8, 4) is 0 Å². The van der Waals surface area contributed by atoms with Gasteiger partial charge in [0.25, 0.3) is 0 Å². The summed E-state index contributed by atoms with van der Waals surface area (Å²) in [5.41, 5.74) is 3.47. The third-order valence-electron chi connectivity index (χ3n) is 3.36. The van der Waals surface area contributed by atoms with Crippen LogP contribution in [0.15, 0.2) is 18.2 Å². The lowest BCUT2D eigenvalue weighted by Crippen LogP contribution is -2.30. The first-order valence-electron chi connectivity index (χ1n) is 5.98. The first-order valence-corrected chi connectivity index (χ1v) is 5.98. The first-order chi connectivity index (χ1) is 8.01. The van der Waals surface area contributed by atoms with Gasteiger partial charge in [0.05, 0.1) is 5.92 Å². The number of carboxylic acids is 1. The maximum absolute atomic E-state index is 11.2. The maximum Gasteiger partial charge on any atom is 0.308 e. The molecule has 0 radical (unpaired) electrons. The molecule has 2 atom stereocenters. The molecule has 0 bridgehead atoms. The van der Waals surface area contributed by atoms with Gasteiger partial charge in [0.2, 0.25) is 0 Å². The van der Waals surface area contributed by atoms with Crippen LogP contribution in [0.4, 0.5) is 0 Å². The van der Waals surface area contributed by atoms with Gasteiger partial charge < -0.3 is 10.4 Å². The van der Waals surface area contributed by atoms with Gasteiger partial charge in [0, 0.05) is 6.04 Å². The normalized spacial score (nSPS) is 14.4. The van der Waals surface area contributed by atoms with Crippen LogP contribution in [-0.2, 0) is 4.79 Å². The number of benzene rings is 1. The standard InChI is InChI=1S/C14H21NO2/c1-5-12(14(16)17)13(15-4)11-7-6-9(2)10(3)8-11/h6-8,12-13,15H,5H2,1-4H3,(H,16,17). The van der Waals surface area contributed by atoms with Gasteiger partial charge in [-0.2, -0.15) is 0 Å². The fourth-order valence-electron chi connectivity index (χ4n) is 2.11. The first kappa shape index (κ1) is 13.7. The second-order valence-electron chi connectivity index (χ2n) is 4.46. The Labute approximate surface area is 103 Å². The van der Waals surface area contributed by atoms with E-state index in [1.165, 1.54) is 11.1 Å². The van der Waals surface area contributed by atoms with E-state index in [2.05, 4.69) is 18.3 Å². The number of carboxylic acid groups (broad SMARTS) is 1. The van der Waals surface area contributed by atoms with E-state index < -0.39 is 5.97 Å². The summed E-state index contributed by atoms with van der Waals surface area (Å²) in [4.78, 5) is 11.2. The maximum atomic E-state index is 11.2. The average Bonchev–Trinajstić information content (AvgIpc) is 2.29. The Morgan fingerprint density at radius 3 is 2.41 bits per heavy atom. The summed E-state index contributed by atoms with van der Waals surface area (Å²) in [5, 5.41) is 12.3. The Kier molecular flexibility index (Phi) is 4.70. The summed E-state index contributed by atoms with van der Waals surface area (Å²) in [5.74, 6) is -1.13. The third-order valence-corrected chi connectivity index (χ3v) is 3.36. The molecule has 17 heavy (non-hydrogen) atoms. The highest BCUT2D eigenvalue weighted by molar-refractivity contribution is 5.71. The van der Waals surface area contributed by atoms with Gasteiger partial charge in [-0.15, -0.1) is 0 Å². The SMILES string of the molecule is CCC(C(=O)O)C(NC)c1ccc(C)c(C)c1. The Morgan fingerprint density at radius 1 is 1.35 bits per heavy atom. The van der Waals surface area contributed by atoms with Crippen molar-refractivity contribution >= 4 is 5.97 Å². The van der Waals surface area contributed by atoms with Crippen LogP contribution >= 0.6 is 0 Å². The van der Waals surface area contributed by atoms with Crippen molar-refractivity contribution in [2.24, 2.45) is 5.92 Å². The number of nitrogens with one attached hydrogen (secondary N) is 1. The molecule has 1 aromatic rings. The molecule has 94 valence electrons. The number of rotatable bonds is 5. The van der Waals surface area contributed by atoms with Crippen LogP contribution in [0, 0.1) is 19.8 Å². The topological polar surface area (TPSA) is 49.3 Å². The summed E-state index contributed by atoms with van der Waals surface area (Å²) >= 11 is 0. The molecule has 1 rings (SSSR count). The van der Waals surface area contributed by atoms with E-state index in [-0.39, 0.29) is 12.0 Å². The Hall–Kier alpha value is -1.35. The molecule has 2 unspecified atom stereocenters. The molecule has 0 saturated carbocycles. The van der Waals surface area contributed by atoms with Crippen molar-refractivity contribution in [3.05, 3.63) is 34.9 Å². The Balaban J connectivity index is 3.08.